The molecule has 0 atom stereocenters. The fourth-order valence-electron chi connectivity index (χ4n) is 3.23. The molecule has 1 N–H and O–H groups in total. The van der Waals surface area contributed by atoms with Gasteiger partial charge >= 0.3 is 0 Å². The van der Waals surface area contributed by atoms with Gasteiger partial charge in [0, 0.05) is 18.9 Å². The van der Waals surface area contributed by atoms with E-state index in [1.54, 1.807) is 32.5 Å². The summed E-state index contributed by atoms with van der Waals surface area (Å²) in [6.45, 7) is 2.17. The number of carbonyl (C=O) groups is 1. The number of carbonyl (C=O) groups excluding carboxylic acids is 1. The van der Waals surface area contributed by atoms with E-state index in [4.69, 9.17) is 4.74 Å². The zero-order chi connectivity index (χ0) is 18.1. The van der Waals surface area contributed by atoms with E-state index in [9.17, 15) is 4.79 Å². The van der Waals surface area contributed by atoms with Crippen molar-refractivity contribution in [1.82, 2.24) is 14.4 Å². The van der Waals surface area contributed by atoms with Crippen LogP contribution in [0.1, 0.15) is 22.8 Å². The summed E-state index contributed by atoms with van der Waals surface area (Å²) < 4.78 is 7.34. The fourth-order valence-corrected chi connectivity index (χ4v) is 3.23. The normalized spacial score (nSPS) is 11.0. The second kappa shape index (κ2) is 6.48. The van der Waals surface area contributed by atoms with Crippen LogP contribution in [0.25, 0.3) is 16.6 Å². The van der Waals surface area contributed by atoms with Crippen molar-refractivity contribution in [3.05, 3.63) is 66.0 Å². The molecule has 4 rings (SSSR count). The van der Waals surface area contributed by atoms with E-state index >= 15 is 0 Å². The predicted molar refractivity (Wildman–Crippen MR) is 101 cm³/mol. The smallest absolute Gasteiger partial charge is 0.209 e. The van der Waals surface area contributed by atoms with Gasteiger partial charge in [0.05, 0.1) is 23.6 Å². The number of aromatic nitrogens is 3. The molecule has 0 bridgehead atoms. The average molecular weight is 346 g/mol. The molecular formula is C20H18N4O2. The molecule has 0 aliphatic rings. The highest BCUT2D eigenvalue weighted by Gasteiger charge is 2.21. The number of nitrogens with one attached hydrogen (secondary N) is 1. The van der Waals surface area contributed by atoms with E-state index in [2.05, 4.69) is 15.3 Å². The summed E-state index contributed by atoms with van der Waals surface area (Å²) in [5.41, 5.74) is 3.14. The Morgan fingerprint density at radius 2 is 1.88 bits per heavy atom. The third kappa shape index (κ3) is 2.56. The average Bonchev–Trinajstić information content (AvgIpc) is 3.02. The molecule has 0 spiro atoms. The molecule has 0 aliphatic carbocycles. The quantitative estimate of drug-likeness (QED) is 0.558. The molecular weight excluding hydrogens is 328 g/mol. The summed E-state index contributed by atoms with van der Waals surface area (Å²) in [5.74, 6) is 1.21. The highest BCUT2D eigenvalue weighted by molar-refractivity contribution is 6.15. The van der Waals surface area contributed by atoms with Crippen LogP contribution in [0, 0.1) is 0 Å². The summed E-state index contributed by atoms with van der Waals surface area (Å²) in [6.07, 6.45) is 3.37. The minimum Gasteiger partial charge on any atom is -0.496 e. The largest absolute Gasteiger partial charge is 0.496 e. The maximum Gasteiger partial charge on any atom is 0.209 e. The summed E-state index contributed by atoms with van der Waals surface area (Å²) >= 11 is 0. The summed E-state index contributed by atoms with van der Waals surface area (Å²) in [4.78, 5) is 21.3. The third-order valence-corrected chi connectivity index (χ3v) is 4.36. The second-order valence-corrected chi connectivity index (χ2v) is 5.97. The Kier molecular flexibility index (Phi) is 4.01. The zero-order valence-electron chi connectivity index (χ0n) is 14.6. The number of fused-ring (bicyclic) bond motifs is 3. The molecule has 130 valence electrons. The predicted octanol–water partition coefficient (Wildman–Crippen LogP) is 3.71. The summed E-state index contributed by atoms with van der Waals surface area (Å²) in [5, 5.41) is 4.05. The number of benzene rings is 1. The van der Waals surface area contributed by atoms with Crippen LogP contribution < -0.4 is 10.1 Å². The molecule has 0 saturated heterocycles. The van der Waals surface area contributed by atoms with Gasteiger partial charge in [0.15, 0.2) is 11.4 Å². The fraction of sp³-hybridized carbons (Fsp3) is 0.150. The highest BCUT2D eigenvalue weighted by atomic mass is 16.5. The van der Waals surface area contributed by atoms with Gasteiger partial charge in [-0.25, -0.2) is 9.97 Å². The number of ketones is 1. The van der Waals surface area contributed by atoms with E-state index < -0.39 is 0 Å². The van der Waals surface area contributed by atoms with Crippen LogP contribution in [0.3, 0.4) is 0 Å². The number of hydrogen-bond acceptors (Lipinski definition) is 5. The number of nitrogens with zero attached hydrogens (tertiary/aromatic N) is 3. The molecule has 3 heterocycles. The molecule has 0 amide bonds. The van der Waals surface area contributed by atoms with Gasteiger partial charge in [-0.3, -0.25) is 9.20 Å². The number of pyridine rings is 1. The molecule has 26 heavy (non-hydrogen) atoms. The Morgan fingerprint density at radius 3 is 2.62 bits per heavy atom. The molecule has 0 saturated carbocycles. The van der Waals surface area contributed by atoms with Crippen molar-refractivity contribution in [1.29, 1.82) is 0 Å². The highest BCUT2D eigenvalue weighted by Crippen LogP contribution is 2.34. The van der Waals surface area contributed by atoms with Crippen LogP contribution in [0.2, 0.25) is 0 Å². The first-order valence-corrected chi connectivity index (χ1v) is 8.31. The van der Waals surface area contributed by atoms with Crippen LogP contribution >= 0.6 is 0 Å². The van der Waals surface area contributed by atoms with Crippen LogP contribution in [0.4, 0.5) is 5.95 Å². The molecule has 1 aromatic carbocycles. The van der Waals surface area contributed by atoms with Crippen molar-refractivity contribution in [3.8, 4) is 5.75 Å². The maximum absolute atomic E-state index is 12.4. The number of methoxy groups -OCH3 is 1. The van der Waals surface area contributed by atoms with Crippen LogP contribution in [0.5, 0.6) is 5.75 Å². The topological polar surface area (TPSA) is 68.5 Å². The first-order valence-electron chi connectivity index (χ1n) is 8.31. The lowest BCUT2D eigenvalue weighted by Crippen LogP contribution is -2.06. The third-order valence-electron chi connectivity index (χ3n) is 4.36. The van der Waals surface area contributed by atoms with Gasteiger partial charge in [-0.05, 0) is 24.6 Å². The van der Waals surface area contributed by atoms with Gasteiger partial charge in [0.25, 0.3) is 0 Å². The van der Waals surface area contributed by atoms with Gasteiger partial charge in [0.2, 0.25) is 5.95 Å². The van der Waals surface area contributed by atoms with Crippen LogP contribution in [0.15, 0.2) is 54.9 Å². The number of rotatable bonds is 5. The minimum atomic E-state index is -0.0380. The van der Waals surface area contributed by atoms with Gasteiger partial charge in [-0.1, -0.05) is 30.3 Å². The number of hydrogen-bond donors (Lipinski definition) is 1. The van der Waals surface area contributed by atoms with E-state index in [1.807, 2.05) is 40.8 Å². The van der Waals surface area contributed by atoms with E-state index in [0.29, 0.717) is 34.8 Å². The van der Waals surface area contributed by atoms with Crippen molar-refractivity contribution in [3.63, 3.8) is 0 Å². The lowest BCUT2D eigenvalue weighted by Gasteiger charge is -2.09. The van der Waals surface area contributed by atoms with Gasteiger partial charge < -0.3 is 10.1 Å². The minimum absolute atomic E-state index is 0.0380. The molecule has 3 aromatic heterocycles. The van der Waals surface area contributed by atoms with Gasteiger partial charge in [0.1, 0.15) is 5.75 Å². The van der Waals surface area contributed by atoms with E-state index in [-0.39, 0.29) is 5.78 Å². The first kappa shape index (κ1) is 16.1. The SMILES string of the molecule is COc1ccnc2c1c(C(C)=O)c1ccnc(NCc3ccccc3)n12. The number of ether oxygens (including phenoxy) is 1. The Morgan fingerprint density at radius 1 is 1.12 bits per heavy atom. The zero-order valence-corrected chi connectivity index (χ0v) is 14.6. The summed E-state index contributed by atoms with van der Waals surface area (Å²) in [6, 6.07) is 13.7. The van der Waals surface area contributed by atoms with Crippen LogP contribution in [-0.4, -0.2) is 27.3 Å². The Bertz CT molecular complexity index is 1100. The van der Waals surface area contributed by atoms with Crippen molar-refractivity contribution >= 4 is 28.3 Å². The molecule has 6 nitrogen and oxygen atoms in total. The van der Waals surface area contributed by atoms with Crippen molar-refractivity contribution in [2.45, 2.75) is 13.5 Å². The molecule has 0 unspecified atom stereocenters. The number of Topliss-reactive ketones (excluding diaryl/α,β-unsaturated/α-hetero) is 1. The Hall–Kier alpha value is -3.41. The first-order chi connectivity index (χ1) is 12.7. The van der Waals surface area contributed by atoms with Crippen molar-refractivity contribution in [2.24, 2.45) is 0 Å². The Balaban J connectivity index is 1.93. The van der Waals surface area contributed by atoms with E-state index in [0.717, 1.165) is 11.1 Å². The summed E-state index contributed by atoms with van der Waals surface area (Å²) in [7, 11) is 1.59. The van der Waals surface area contributed by atoms with Gasteiger partial charge in [-0.2, -0.15) is 0 Å². The van der Waals surface area contributed by atoms with E-state index in [1.165, 1.54) is 0 Å². The molecule has 6 heteroatoms. The van der Waals surface area contributed by atoms with Crippen LogP contribution in [-0.2, 0) is 6.54 Å². The molecule has 0 fully saturated rings. The second-order valence-electron chi connectivity index (χ2n) is 5.97. The lowest BCUT2D eigenvalue weighted by molar-refractivity contribution is 0.102. The van der Waals surface area contributed by atoms with Crippen molar-refractivity contribution in [2.75, 3.05) is 12.4 Å². The molecule has 4 aromatic rings. The molecule has 0 radical (unpaired) electrons. The van der Waals surface area contributed by atoms with Crippen molar-refractivity contribution < 1.29 is 9.53 Å². The number of anilines is 1. The standard InChI is InChI=1S/C20H18N4O2/c1-13(25)17-15-8-10-22-20(23-12-14-6-4-3-5-7-14)24(15)19-18(17)16(26-2)9-11-21-19/h3-11H,12H2,1-2H3,(H,22,23). The molecule has 0 aliphatic heterocycles. The maximum atomic E-state index is 12.4. The Labute approximate surface area is 150 Å². The lowest BCUT2D eigenvalue weighted by atomic mass is 10.1. The van der Waals surface area contributed by atoms with Gasteiger partial charge in [-0.15, -0.1) is 0 Å². The monoisotopic (exact) mass is 346 g/mol.